The molecule has 2 amide bonds. The fourth-order valence-electron chi connectivity index (χ4n) is 2.37. The number of hydrogen-bond acceptors (Lipinski definition) is 3. The van der Waals surface area contributed by atoms with Gasteiger partial charge in [-0.05, 0) is 29.5 Å². The van der Waals surface area contributed by atoms with Crippen LogP contribution in [0.25, 0.3) is 0 Å². The molecule has 2 atom stereocenters. The van der Waals surface area contributed by atoms with Gasteiger partial charge in [0.25, 0.3) is 0 Å². The molecule has 3 N–H and O–H groups in total. The molecule has 0 fully saturated rings. The van der Waals surface area contributed by atoms with Crippen LogP contribution in [-0.4, -0.2) is 25.0 Å². The van der Waals surface area contributed by atoms with Gasteiger partial charge in [-0.3, -0.25) is 9.59 Å². The zero-order valence-electron chi connectivity index (χ0n) is 14.0. The van der Waals surface area contributed by atoms with Gasteiger partial charge in [0.05, 0.1) is 13.0 Å². The molecule has 0 aliphatic heterocycles. The molecule has 0 aliphatic rings. The minimum Gasteiger partial charge on any atom is -0.497 e. The lowest BCUT2D eigenvalue weighted by Gasteiger charge is -2.30. The van der Waals surface area contributed by atoms with Crippen LogP contribution in [0.5, 0.6) is 5.75 Å². The van der Waals surface area contributed by atoms with E-state index in [-0.39, 0.29) is 11.8 Å². The summed E-state index contributed by atoms with van der Waals surface area (Å²) in [4.78, 5) is 24.1. The first-order chi connectivity index (χ1) is 10.2. The zero-order chi connectivity index (χ0) is 16.9. The molecule has 5 heteroatoms. The number of nitrogens with one attached hydrogen (secondary N) is 1. The van der Waals surface area contributed by atoms with E-state index >= 15 is 0 Å². The van der Waals surface area contributed by atoms with E-state index in [0.29, 0.717) is 6.42 Å². The first-order valence-corrected chi connectivity index (χ1v) is 7.44. The van der Waals surface area contributed by atoms with Crippen LogP contribution in [0.3, 0.4) is 0 Å². The molecule has 0 aromatic heterocycles. The van der Waals surface area contributed by atoms with Crippen molar-refractivity contribution in [3.8, 4) is 5.75 Å². The average Bonchev–Trinajstić information content (AvgIpc) is 2.44. The molecular formula is C17H26N2O3. The van der Waals surface area contributed by atoms with Crippen LogP contribution in [0.4, 0.5) is 0 Å². The van der Waals surface area contributed by atoms with Gasteiger partial charge in [-0.15, -0.1) is 0 Å². The molecule has 122 valence electrons. The second-order valence-electron chi connectivity index (χ2n) is 6.44. The van der Waals surface area contributed by atoms with Crippen LogP contribution >= 0.6 is 0 Å². The van der Waals surface area contributed by atoms with Crippen LogP contribution in [-0.2, 0) is 9.59 Å². The second kappa shape index (κ2) is 7.29. The predicted molar refractivity (Wildman–Crippen MR) is 86.6 cm³/mol. The lowest BCUT2D eigenvalue weighted by molar-refractivity contribution is -0.130. The molecule has 0 heterocycles. The van der Waals surface area contributed by atoms with E-state index in [1.165, 1.54) is 0 Å². The Hall–Kier alpha value is -2.04. The van der Waals surface area contributed by atoms with Gasteiger partial charge in [0.1, 0.15) is 11.8 Å². The number of ether oxygens (including phenoxy) is 1. The molecule has 1 rings (SSSR count). The average molecular weight is 306 g/mol. The van der Waals surface area contributed by atoms with E-state index in [2.05, 4.69) is 5.32 Å². The fraction of sp³-hybridized carbons (Fsp3) is 0.529. The van der Waals surface area contributed by atoms with Gasteiger partial charge < -0.3 is 15.8 Å². The third kappa shape index (κ3) is 4.48. The standard InChI is InChI=1S/C17H26N2O3/c1-6-13(11-7-9-12(22-5)10-8-11)16(21)19-14(15(18)20)17(2,3)4/h7-10,13-14H,6H2,1-5H3,(H2,18,20)(H,19,21)/t13-,14-/m1/s1. The number of nitrogens with two attached hydrogens (primary N) is 1. The number of carbonyl (C=O) groups is 2. The van der Waals surface area contributed by atoms with Crippen molar-refractivity contribution >= 4 is 11.8 Å². The van der Waals surface area contributed by atoms with E-state index in [4.69, 9.17) is 10.5 Å². The molecular weight excluding hydrogens is 280 g/mol. The Balaban J connectivity index is 2.93. The molecule has 5 nitrogen and oxygen atoms in total. The molecule has 0 bridgehead atoms. The number of hydrogen-bond donors (Lipinski definition) is 2. The van der Waals surface area contributed by atoms with Crippen LogP contribution in [0.1, 0.15) is 45.6 Å². The molecule has 0 unspecified atom stereocenters. The van der Waals surface area contributed by atoms with Crippen LogP contribution in [0.2, 0.25) is 0 Å². The lowest BCUT2D eigenvalue weighted by atomic mass is 9.85. The van der Waals surface area contributed by atoms with Crippen molar-refractivity contribution in [2.24, 2.45) is 11.1 Å². The number of rotatable bonds is 6. The highest BCUT2D eigenvalue weighted by Crippen LogP contribution is 2.25. The van der Waals surface area contributed by atoms with Crippen molar-refractivity contribution in [1.29, 1.82) is 0 Å². The SMILES string of the molecule is CC[C@@H](C(=O)N[C@H](C(N)=O)C(C)(C)C)c1ccc(OC)cc1. The highest BCUT2D eigenvalue weighted by atomic mass is 16.5. The van der Waals surface area contributed by atoms with E-state index < -0.39 is 17.4 Å². The Bertz CT molecular complexity index is 518. The number of benzene rings is 1. The summed E-state index contributed by atoms with van der Waals surface area (Å²) in [6.07, 6.45) is 0.633. The van der Waals surface area contributed by atoms with Gasteiger partial charge in [0.2, 0.25) is 11.8 Å². The van der Waals surface area contributed by atoms with Gasteiger partial charge in [0, 0.05) is 0 Å². The van der Waals surface area contributed by atoms with Crippen LogP contribution in [0, 0.1) is 5.41 Å². The Morgan fingerprint density at radius 2 is 1.77 bits per heavy atom. The van der Waals surface area contributed by atoms with Crippen molar-refractivity contribution in [3.63, 3.8) is 0 Å². The Morgan fingerprint density at radius 1 is 1.23 bits per heavy atom. The zero-order valence-corrected chi connectivity index (χ0v) is 14.0. The Labute approximate surface area is 132 Å². The lowest BCUT2D eigenvalue weighted by Crippen LogP contribution is -2.53. The van der Waals surface area contributed by atoms with Gasteiger partial charge in [-0.25, -0.2) is 0 Å². The second-order valence-corrected chi connectivity index (χ2v) is 6.44. The minimum absolute atomic E-state index is 0.189. The van der Waals surface area contributed by atoms with Gasteiger partial charge in [0.15, 0.2) is 0 Å². The van der Waals surface area contributed by atoms with E-state index in [1.807, 2.05) is 52.0 Å². The van der Waals surface area contributed by atoms with Gasteiger partial charge in [-0.2, -0.15) is 0 Å². The molecule has 1 aromatic rings. The Morgan fingerprint density at radius 3 is 2.14 bits per heavy atom. The largest absolute Gasteiger partial charge is 0.497 e. The molecule has 1 aromatic carbocycles. The number of amides is 2. The van der Waals surface area contributed by atoms with Crippen molar-refractivity contribution in [3.05, 3.63) is 29.8 Å². The van der Waals surface area contributed by atoms with E-state index in [9.17, 15) is 9.59 Å². The minimum atomic E-state index is -0.702. The molecule has 0 saturated heterocycles. The maximum atomic E-state index is 12.5. The summed E-state index contributed by atoms with van der Waals surface area (Å²) in [6, 6.07) is 6.67. The smallest absolute Gasteiger partial charge is 0.240 e. The van der Waals surface area contributed by atoms with E-state index in [1.54, 1.807) is 7.11 Å². The third-order valence-electron chi connectivity index (χ3n) is 3.68. The first kappa shape index (κ1) is 18.0. The predicted octanol–water partition coefficient (Wildman–Crippen LogP) is 2.21. The van der Waals surface area contributed by atoms with Crippen molar-refractivity contribution < 1.29 is 14.3 Å². The summed E-state index contributed by atoms with van der Waals surface area (Å²) < 4.78 is 5.12. The van der Waals surface area contributed by atoms with Crippen molar-refractivity contribution in [2.45, 2.75) is 46.1 Å². The molecule has 22 heavy (non-hydrogen) atoms. The number of methoxy groups -OCH3 is 1. The summed E-state index contributed by atoms with van der Waals surface area (Å²) >= 11 is 0. The van der Waals surface area contributed by atoms with Crippen molar-refractivity contribution in [1.82, 2.24) is 5.32 Å². The normalized spacial score (nSPS) is 14.0. The number of carbonyl (C=O) groups excluding carboxylic acids is 2. The monoisotopic (exact) mass is 306 g/mol. The number of primary amides is 1. The first-order valence-electron chi connectivity index (χ1n) is 7.44. The van der Waals surface area contributed by atoms with Crippen LogP contribution < -0.4 is 15.8 Å². The fourth-order valence-corrected chi connectivity index (χ4v) is 2.37. The summed E-state index contributed by atoms with van der Waals surface area (Å²) in [6.45, 7) is 7.55. The molecule has 0 radical (unpaired) electrons. The molecule has 0 spiro atoms. The topological polar surface area (TPSA) is 81.4 Å². The van der Waals surface area contributed by atoms with Crippen LogP contribution in [0.15, 0.2) is 24.3 Å². The summed E-state index contributed by atoms with van der Waals surface area (Å²) in [5, 5.41) is 2.79. The quantitative estimate of drug-likeness (QED) is 0.845. The van der Waals surface area contributed by atoms with Crippen molar-refractivity contribution in [2.75, 3.05) is 7.11 Å². The highest BCUT2D eigenvalue weighted by Gasteiger charge is 2.33. The molecule has 0 saturated carbocycles. The Kier molecular flexibility index (Phi) is 5.97. The molecule has 0 aliphatic carbocycles. The summed E-state index contributed by atoms with van der Waals surface area (Å²) in [5.74, 6) is -0.296. The van der Waals surface area contributed by atoms with Gasteiger partial charge in [-0.1, -0.05) is 39.8 Å². The summed E-state index contributed by atoms with van der Waals surface area (Å²) in [7, 11) is 1.60. The highest BCUT2D eigenvalue weighted by molar-refractivity contribution is 5.90. The third-order valence-corrected chi connectivity index (χ3v) is 3.68. The summed E-state index contributed by atoms with van der Waals surface area (Å²) in [5.41, 5.74) is 5.88. The maximum Gasteiger partial charge on any atom is 0.240 e. The van der Waals surface area contributed by atoms with E-state index in [0.717, 1.165) is 11.3 Å². The maximum absolute atomic E-state index is 12.5. The van der Waals surface area contributed by atoms with Gasteiger partial charge >= 0.3 is 0 Å².